The van der Waals surface area contributed by atoms with Gasteiger partial charge in [0.15, 0.2) is 0 Å². The second kappa shape index (κ2) is 3.56. The molecule has 2 saturated heterocycles. The summed E-state index contributed by atoms with van der Waals surface area (Å²) in [6.07, 6.45) is 1.75. The first kappa shape index (κ1) is 9.44. The fourth-order valence-corrected chi connectivity index (χ4v) is 2.45. The van der Waals surface area contributed by atoms with Crippen molar-refractivity contribution in [3.05, 3.63) is 0 Å². The van der Waals surface area contributed by atoms with Crippen LogP contribution in [0.5, 0.6) is 0 Å². The lowest BCUT2D eigenvalue weighted by Crippen LogP contribution is -2.47. The summed E-state index contributed by atoms with van der Waals surface area (Å²) in [4.78, 5) is 2.58. The van der Waals surface area contributed by atoms with E-state index in [9.17, 15) is 0 Å². The van der Waals surface area contributed by atoms with Crippen LogP contribution in [-0.4, -0.2) is 42.8 Å². The second-order valence-corrected chi connectivity index (χ2v) is 4.50. The van der Waals surface area contributed by atoms with Crippen LogP contribution in [0.3, 0.4) is 0 Å². The average molecular weight is 184 g/mol. The zero-order chi connectivity index (χ0) is 9.42. The van der Waals surface area contributed by atoms with Crippen LogP contribution in [0.2, 0.25) is 0 Å². The van der Waals surface area contributed by atoms with Crippen molar-refractivity contribution < 1.29 is 4.74 Å². The Bertz CT molecular complexity index is 186. The van der Waals surface area contributed by atoms with E-state index in [1.165, 1.54) is 6.42 Å². The quantitative estimate of drug-likeness (QED) is 0.692. The smallest absolute Gasteiger partial charge is 0.0718 e. The molecular formula is C10H20N2O. The van der Waals surface area contributed by atoms with Crippen LogP contribution in [0.25, 0.3) is 0 Å². The Balaban J connectivity index is 1.94. The van der Waals surface area contributed by atoms with Gasteiger partial charge in [0.2, 0.25) is 0 Å². The van der Waals surface area contributed by atoms with E-state index < -0.39 is 0 Å². The molecule has 2 aliphatic heterocycles. The fraction of sp³-hybridized carbons (Fsp3) is 1.00. The zero-order valence-corrected chi connectivity index (χ0v) is 8.57. The van der Waals surface area contributed by atoms with Crippen LogP contribution in [-0.2, 0) is 4.74 Å². The number of rotatable bonds is 3. The molecule has 4 unspecified atom stereocenters. The largest absolute Gasteiger partial charge is 0.375 e. The number of nitrogens with two attached hydrogens (primary N) is 1. The summed E-state index contributed by atoms with van der Waals surface area (Å²) in [5.41, 5.74) is 5.68. The third kappa shape index (κ3) is 1.60. The highest BCUT2D eigenvalue weighted by molar-refractivity contribution is 4.94. The Hall–Kier alpha value is -0.120. The molecule has 2 N–H and O–H groups in total. The highest BCUT2D eigenvalue weighted by Crippen LogP contribution is 2.30. The highest BCUT2D eigenvalue weighted by Gasteiger charge is 2.41. The van der Waals surface area contributed by atoms with Gasteiger partial charge < -0.3 is 10.5 Å². The van der Waals surface area contributed by atoms with E-state index in [-0.39, 0.29) is 0 Å². The van der Waals surface area contributed by atoms with E-state index in [1.807, 2.05) is 0 Å². The predicted molar refractivity (Wildman–Crippen MR) is 52.5 cm³/mol. The van der Waals surface area contributed by atoms with E-state index >= 15 is 0 Å². The van der Waals surface area contributed by atoms with Crippen LogP contribution >= 0.6 is 0 Å². The van der Waals surface area contributed by atoms with E-state index in [0.717, 1.165) is 19.7 Å². The van der Waals surface area contributed by atoms with Crippen LogP contribution < -0.4 is 5.73 Å². The average Bonchev–Trinajstić information content (AvgIpc) is 2.76. The minimum absolute atomic E-state index is 0.512. The second-order valence-electron chi connectivity index (χ2n) is 4.50. The van der Waals surface area contributed by atoms with Gasteiger partial charge in [-0.15, -0.1) is 0 Å². The molecule has 0 radical (unpaired) electrons. The molecule has 13 heavy (non-hydrogen) atoms. The molecular weight excluding hydrogens is 164 g/mol. The minimum Gasteiger partial charge on any atom is -0.375 e. The molecule has 0 aliphatic carbocycles. The molecule has 2 fully saturated rings. The molecule has 0 saturated carbocycles. The summed E-state index contributed by atoms with van der Waals surface area (Å²) in [7, 11) is 0. The Morgan fingerprint density at radius 2 is 2.31 bits per heavy atom. The highest BCUT2D eigenvalue weighted by atomic mass is 16.5. The molecule has 2 aliphatic rings. The van der Waals surface area contributed by atoms with Crippen molar-refractivity contribution >= 4 is 0 Å². The van der Waals surface area contributed by atoms with Gasteiger partial charge in [-0.25, -0.2) is 0 Å². The van der Waals surface area contributed by atoms with Gasteiger partial charge in [0.05, 0.1) is 12.7 Å². The molecule has 3 nitrogen and oxygen atoms in total. The number of nitrogens with zero attached hydrogens (tertiary/aromatic N) is 1. The number of morpholine rings is 1. The van der Waals surface area contributed by atoms with Crippen molar-refractivity contribution in [3.8, 4) is 0 Å². The molecule has 4 atom stereocenters. The van der Waals surface area contributed by atoms with Crippen molar-refractivity contribution in [1.29, 1.82) is 0 Å². The Labute approximate surface area is 80.2 Å². The van der Waals surface area contributed by atoms with Crippen molar-refractivity contribution in [2.24, 2.45) is 11.7 Å². The van der Waals surface area contributed by atoms with Gasteiger partial charge in [-0.05, 0) is 25.8 Å². The monoisotopic (exact) mass is 184 g/mol. The number of likely N-dealkylation sites (tertiary alicyclic amines) is 1. The third-order valence-corrected chi connectivity index (χ3v) is 3.66. The molecule has 3 heteroatoms. The molecule has 0 aromatic heterocycles. The van der Waals surface area contributed by atoms with E-state index in [0.29, 0.717) is 24.1 Å². The van der Waals surface area contributed by atoms with Gasteiger partial charge >= 0.3 is 0 Å². The number of hydrogen-bond acceptors (Lipinski definition) is 3. The molecule has 0 aromatic rings. The molecule has 0 spiro atoms. The summed E-state index contributed by atoms with van der Waals surface area (Å²) in [6.45, 7) is 7.37. The van der Waals surface area contributed by atoms with Gasteiger partial charge in [-0.2, -0.15) is 0 Å². The lowest BCUT2D eigenvalue weighted by Gasteiger charge is -2.35. The topological polar surface area (TPSA) is 38.5 Å². The molecule has 2 bridgehead atoms. The van der Waals surface area contributed by atoms with Crippen LogP contribution in [0, 0.1) is 5.92 Å². The summed E-state index contributed by atoms with van der Waals surface area (Å²) < 4.78 is 5.57. The summed E-state index contributed by atoms with van der Waals surface area (Å²) in [5, 5.41) is 0. The summed E-state index contributed by atoms with van der Waals surface area (Å²) >= 11 is 0. The zero-order valence-electron chi connectivity index (χ0n) is 8.57. The molecule has 0 amide bonds. The summed E-state index contributed by atoms with van der Waals surface area (Å²) in [6, 6.07) is 1.29. The number of fused-ring (bicyclic) bond motifs is 2. The van der Waals surface area contributed by atoms with Crippen LogP contribution in [0.15, 0.2) is 0 Å². The number of ether oxygens (including phenoxy) is 1. The van der Waals surface area contributed by atoms with Crippen molar-refractivity contribution in [3.63, 3.8) is 0 Å². The van der Waals surface area contributed by atoms with Crippen molar-refractivity contribution in [1.82, 2.24) is 4.90 Å². The van der Waals surface area contributed by atoms with Crippen molar-refractivity contribution in [2.45, 2.75) is 38.5 Å². The maximum atomic E-state index is 5.68. The Kier molecular flexibility index (Phi) is 2.58. The van der Waals surface area contributed by atoms with Crippen LogP contribution in [0.4, 0.5) is 0 Å². The minimum atomic E-state index is 0.512. The molecule has 0 aromatic carbocycles. The van der Waals surface area contributed by atoms with Gasteiger partial charge in [0, 0.05) is 18.6 Å². The first-order chi connectivity index (χ1) is 6.22. The lowest BCUT2D eigenvalue weighted by molar-refractivity contribution is 0.00523. The van der Waals surface area contributed by atoms with E-state index in [2.05, 4.69) is 18.7 Å². The first-order valence-corrected chi connectivity index (χ1v) is 5.29. The third-order valence-electron chi connectivity index (χ3n) is 3.66. The maximum absolute atomic E-state index is 5.68. The standard InChI is InChI=1S/C10H20N2O/c1-7(4-11)8(2)12-5-10-3-9(12)6-13-10/h7-10H,3-6,11H2,1-2H3. The van der Waals surface area contributed by atoms with E-state index in [4.69, 9.17) is 10.5 Å². The predicted octanol–water partition coefficient (Wildman–Crippen LogP) is 0.443. The van der Waals surface area contributed by atoms with E-state index in [1.54, 1.807) is 0 Å². The Morgan fingerprint density at radius 3 is 2.77 bits per heavy atom. The van der Waals surface area contributed by atoms with Crippen LogP contribution in [0.1, 0.15) is 20.3 Å². The van der Waals surface area contributed by atoms with Crippen molar-refractivity contribution in [2.75, 3.05) is 19.7 Å². The summed E-state index contributed by atoms with van der Waals surface area (Å²) in [5.74, 6) is 0.597. The number of hydrogen-bond donors (Lipinski definition) is 1. The lowest BCUT2D eigenvalue weighted by atomic mass is 10.0. The fourth-order valence-electron chi connectivity index (χ4n) is 2.45. The molecule has 76 valence electrons. The Morgan fingerprint density at radius 1 is 1.54 bits per heavy atom. The first-order valence-electron chi connectivity index (χ1n) is 5.29. The SMILES string of the molecule is CC(CN)C(C)N1CC2CC1CO2. The van der Waals surface area contributed by atoms with Gasteiger partial charge in [-0.1, -0.05) is 6.92 Å². The van der Waals surface area contributed by atoms with Gasteiger partial charge in [0.1, 0.15) is 0 Å². The molecule has 2 rings (SSSR count). The van der Waals surface area contributed by atoms with Gasteiger partial charge in [-0.3, -0.25) is 4.90 Å². The normalized spacial score (nSPS) is 38.1. The maximum Gasteiger partial charge on any atom is 0.0718 e. The van der Waals surface area contributed by atoms with Gasteiger partial charge in [0.25, 0.3) is 0 Å². The molecule has 2 heterocycles.